The van der Waals surface area contributed by atoms with Crippen LogP contribution in [-0.2, 0) is 4.74 Å². The summed E-state index contributed by atoms with van der Waals surface area (Å²) in [4.78, 5) is 15.4. The van der Waals surface area contributed by atoms with Crippen LogP contribution in [0.25, 0.3) is 5.69 Å². The van der Waals surface area contributed by atoms with Crippen LogP contribution < -0.4 is 15.4 Å². The summed E-state index contributed by atoms with van der Waals surface area (Å²) in [5, 5.41) is 10.6. The largest absolute Gasteiger partial charge is 0.476 e. The molecule has 0 aliphatic carbocycles. The van der Waals surface area contributed by atoms with Crippen LogP contribution in [0.5, 0.6) is 5.88 Å². The van der Waals surface area contributed by atoms with Crippen LogP contribution >= 0.6 is 0 Å². The van der Waals surface area contributed by atoms with Crippen molar-refractivity contribution < 1.29 is 23.0 Å². The number of benzene rings is 2. The number of amides is 2. The first-order chi connectivity index (χ1) is 18.2. The van der Waals surface area contributed by atoms with E-state index in [4.69, 9.17) is 9.47 Å². The summed E-state index contributed by atoms with van der Waals surface area (Å²) in [6.45, 7) is 8.63. The number of carbonyl (C=O) groups is 1. The molecule has 0 saturated carbocycles. The molecule has 2 heterocycles. The molecule has 3 aromatic rings. The van der Waals surface area contributed by atoms with Crippen LogP contribution in [-0.4, -0.2) is 66.7 Å². The molecule has 2 aromatic carbocycles. The van der Waals surface area contributed by atoms with Crippen molar-refractivity contribution in [3.05, 3.63) is 71.3 Å². The number of urea groups is 1. The Labute approximate surface area is 221 Å². The van der Waals surface area contributed by atoms with Crippen molar-refractivity contribution in [1.29, 1.82) is 0 Å². The quantitative estimate of drug-likeness (QED) is 0.399. The van der Waals surface area contributed by atoms with Crippen molar-refractivity contribution in [2.45, 2.75) is 32.7 Å². The zero-order chi connectivity index (χ0) is 27.2. The molecule has 2 N–H and O–H groups in total. The number of hydrogen-bond acceptors (Lipinski definition) is 5. The molecule has 2 atom stereocenters. The molecule has 1 aliphatic rings. The number of para-hydroxylation sites is 1. The average molecular weight is 528 g/mol. The van der Waals surface area contributed by atoms with Gasteiger partial charge in [-0.05, 0) is 42.7 Å². The topological polar surface area (TPSA) is 80.7 Å². The third kappa shape index (κ3) is 6.68. The predicted molar refractivity (Wildman–Crippen MR) is 142 cm³/mol. The lowest BCUT2D eigenvalue weighted by Crippen LogP contribution is -2.42. The zero-order valence-electron chi connectivity index (χ0n) is 22.2. The Kier molecular flexibility index (Phi) is 8.96. The second-order valence-corrected chi connectivity index (χ2v) is 10.00. The summed E-state index contributed by atoms with van der Waals surface area (Å²) in [5.41, 5.74) is 1.97. The van der Waals surface area contributed by atoms with Gasteiger partial charge in [-0.15, -0.1) is 5.10 Å². The van der Waals surface area contributed by atoms with Crippen molar-refractivity contribution in [1.82, 2.24) is 20.0 Å². The van der Waals surface area contributed by atoms with Gasteiger partial charge in [-0.1, -0.05) is 32.0 Å². The summed E-state index contributed by atoms with van der Waals surface area (Å²) in [6, 6.07) is 12.1. The molecule has 4 rings (SSSR count). The van der Waals surface area contributed by atoms with E-state index in [9.17, 15) is 13.6 Å². The lowest BCUT2D eigenvalue weighted by Gasteiger charge is -2.21. The molecule has 2 unspecified atom stereocenters. The van der Waals surface area contributed by atoms with E-state index in [0.29, 0.717) is 61.6 Å². The Morgan fingerprint density at radius 1 is 1.13 bits per heavy atom. The van der Waals surface area contributed by atoms with Gasteiger partial charge in [-0.2, -0.15) is 0 Å². The number of ether oxygens (including phenoxy) is 2. The normalized spacial score (nSPS) is 17.7. The second kappa shape index (κ2) is 12.4. The van der Waals surface area contributed by atoms with E-state index in [0.717, 1.165) is 11.8 Å². The van der Waals surface area contributed by atoms with Crippen molar-refractivity contribution in [3.63, 3.8) is 0 Å². The molecule has 0 spiro atoms. The maximum absolute atomic E-state index is 14.0. The van der Waals surface area contributed by atoms with E-state index in [1.165, 1.54) is 12.1 Å². The van der Waals surface area contributed by atoms with Gasteiger partial charge in [0.25, 0.3) is 0 Å². The number of methoxy groups -OCH3 is 1. The number of rotatable bonds is 10. The maximum Gasteiger partial charge on any atom is 0.320 e. The molecule has 38 heavy (non-hydrogen) atoms. The minimum absolute atomic E-state index is 0.298. The summed E-state index contributed by atoms with van der Waals surface area (Å²) in [6.07, 6.45) is 0. The van der Waals surface area contributed by atoms with E-state index in [1.807, 2.05) is 37.3 Å². The van der Waals surface area contributed by atoms with E-state index >= 15 is 0 Å². The number of nitrogens with one attached hydrogen (secondary N) is 2. The Morgan fingerprint density at radius 3 is 2.50 bits per heavy atom. The van der Waals surface area contributed by atoms with E-state index in [-0.39, 0.29) is 12.0 Å². The third-order valence-corrected chi connectivity index (χ3v) is 6.50. The highest BCUT2D eigenvalue weighted by molar-refractivity contribution is 5.90. The number of anilines is 1. The molecule has 8 nitrogen and oxygen atoms in total. The molecule has 2 amide bonds. The smallest absolute Gasteiger partial charge is 0.320 e. The second-order valence-electron chi connectivity index (χ2n) is 10.00. The van der Waals surface area contributed by atoms with Gasteiger partial charge >= 0.3 is 6.03 Å². The highest BCUT2D eigenvalue weighted by Crippen LogP contribution is 2.31. The lowest BCUT2D eigenvalue weighted by molar-refractivity contribution is 0.159. The monoisotopic (exact) mass is 527 g/mol. The fourth-order valence-electron chi connectivity index (χ4n) is 4.63. The Balaban J connectivity index is 1.57. The minimum Gasteiger partial charge on any atom is -0.476 e. The van der Waals surface area contributed by atoms with Crippen LogP contribution in [0, 0.1) is 24.5 Å². The van der Waals surface area contributed by atoms with Crippen LogP contribution in [0.15, 0.2) is 48.5 Å². The highest BCUT2D eigenvalue weighted by atomic mass is 19.1. The molecule has 10 heteroatoms. The molecule has 204 valence electrons. The first-order valence-electron chi connectivity index (χ1n) is 12.8. The summed E-state index contributed by atoms with van der Waals surface area (Å²) < 4.78 is 40.8. The van der Waals surface area contributed by atoms with Crippen LogP contribution in [0.1, 0.15) is 30.9 Å². The van der Waals surface area contributed by atoms with Gasteiger partial charge in [0.15, 0.2) is 0 Å². The minimum atomic E-state index is -0.644. The maximum atomic E-state index is 14.0. The van der Waals surface area contributed by atoms with Gasteiger partial charge in [0.05, 0.1) is 30.5 Å². The number of halogens is 2. The Morgan fingerprint density at radius 2 is 1.84 bits per heavy atom. The van der Waals surface area contributed by atoms with Crippen LogP contribution in [0.3, 0.4) is 0 Å². The lowest BCUT2D eigenvalue weighted by atomic mass is 9.94. The van der Waals surface area contributed by atoms with Crippen LogP contribution in [0.4, 0.5) is 19.4 Å². The van der Waals surface area contributed by atoms with Gasteiger partial charge in [-0.25, -0.2) is 18.3 Å². The SMILES string of the molecule is COCCN1CC(NC(=O)Nc2c(C)c(OCC(C)C)nn2-c2ccccc2)C(c2cc(F)cc(F)c2)C1. The van der Waals surface area contributed by atoms with Gasteiger partial charge in [-0.3, -0.25) is 10.2 Å². The van der Waals surface area contributed by atoms with Crippen molar-refractivity contribution in [3.8, 4) is 11.6 Å². The molecule has 1 fully saturated rings. The van der Waals surface area contributed by atoms with Gasteiger partial charge in [0.1, 0.15) is 17.5 Å². The Hall–Kier alpha value is -3.50. The molecular weight excluding hydrogens is 492 g/mol. The standard InChI is InChI=1S/C28H35F2N5O3/c1-18(2)17-38-27-19(3)26(35(33-27)23-8-6-5-7-9-23)32-28(36)31-25-16-34(10-11-37-4)15-24(25)20-12-21(29)14-22(30)13-20/h5-9,12-14,18,24-25H,10-11,15-17H2,1-4H3,(H2,31,32,36). The predicted octanol–water partition coefficient (Wildman–Crippen LogP) is 4.73. The number of nitrogens with zero attached hydrogens (tertiary/aromatic N) is 3. The van der Waals surface area contributed by atoms with Gasteiger partial charge < -0.3 is 14.8 Å². The van der Waals surface area contributed by atoms with E-state index in [2.05, 4.69) is 34.5 Å². The third-order valence-electron chi connectivity index (χ3n) is 6.50. The van der Waals surface area contributed by atoms with Gasteiger partial charge in [0, 0.05) is 38.7 Å². The van der Waals surface area contributed by atoms with Crippen molar-refractivity contribution >= 4 is 11.8 Å². The zero-order valence-corrected chi connectivity index (χ0v) is 22.2. The Bertz CT molecular complexity index is 1210. The fraction of sp³-hybridized carbons (Fsp3) is 0.429. The number of hydrogen-bond donors (Lipinski definition) is 2. The molecule has 1 aliphatic heterocycles. The van der Waals surface area contributed by atoms with Crippen molar-refractivity contribution in [2.24, 2.45) is 5.92 Å². The molecule has 1 aromatic heterocycles. The number of aromatic nitrogens is 2. The highest BCUT2D eigenvalue weighted by Gasteiger charge is 2.35. The van der Waals surface area contributed by atoms with Gasteiger partial charge in [0.2, 0.25) is 5.88 Å². The number of likely N-dealkylation sites (tertiary alicyclic amines) is 1. The molecule has 0 radical (unpaired) electrons. The van der Waals surface area contributed by atoms with E-state index in [1.54, 1.807) is 11.8 Å². The summed E-state index contributed by atoms with van der Waals surface area (Å²) in [7, 11) is 1.62. The average Bonchev–Trinajstić information content (AvgIpc) is 3.42. The molecular formula is C28H35F2N5O3. The van der Waals surface area contributed by atoms with Crippen molar-refractivity contribution in [2.75, 3.05) is 45.3 Å². The molecule has 1 saturated heterocycles. The number of carbonyl (C=O) groups excluding carboxylic acids is 1. The first-order valence-corrected chi connectivity index (χ1v) is 12.8. The van der Waals surface area contributed by atoms with E-state index < -0.39 is 17.7 Å². The first kappa shape index (κ1) is 27.5. The van der Waals surface area contributed by atoms with Crippen LogP contribution in [0.2, 0.25) is 0 Å². The fourth-order valence-corrected chi connectivity index (χ4v) is 4.63. The summed E-state index contributed by atoms with van der Waals surface area (Å²) in [5.74, 6) is -0.353. The molecule has 0 bridgehead atoms. The summed E-state index contributed by atoms with van der Waals surface area (Å²) >= 11 is 0.